The molecule has 0 fully saturated rings. The fourth-order valence-electron chi connectivity index (χ4n) is 5.76. The Hall–Kier alpha value is -0.969. The van der Waals surface area contributed by atoms with Gasteiger partial charge in [0.25, 0.3) is 0 Å². The quantitative estimate of drug-likeness (QED) is 0.0455. The lowest BCUT2D eigenvalue weighted by molar-refractivity contribution is -0.140. The largest absolute Gasteiger partial charge is 0.469 e. The molecule has 1 amide bonds. The topological polar surface area (TPSA) is 64.6 Å². The molecule has 1 N–H and O–H groups in total. The van der Waals surface area contributed by atoms with Gasteiger partial charge in [-0.05, 0) is 68.2 Å². The Bertz CT molecular complexity index is 856. The van der Waals surface area contributed by atoms with Crippen LogP contribution >= 0.6 is 0 Å². The highest BCUT2D eigenvalue weighted by molar-refractivity contribution is 6.80. The molecule has 4 atom stereocenters. The zero-order valence-corrected chi connectivity index (χ0v) is 34.2. The fourth-order valence-corrected chi connectivity index (χ4v) is 11.8. The summed E-state index contributed by atoms with van der Waals surface area (Å²) in [5.74, 6) is 0.195. The maximum atomic E-state index is 13.3. The monoisotopic (exact) mass is 667 g/mol. The lowest BCUT2D eigenvalue weighted by atomic mass is 9.91. The van der Waals surface area contributed by atoms with Crippen molar-refractivity contribution in [3.8, 4) is 0 Å². The van der Waals surface area contributed by atoms with Crippen LogP contribution in [-0.2, 0) is 18.8 Å². The van der Waals surface area contributed by atoms with Crippen molar-refractivity contribution in [2.75, 3.05) is 13.7 Å². The highest BCUT2D eigenvalue weighted by Gasteiger charge is 2.41. The van der Waals surface area contributed by atoms with Crippen molar-refractivity contribution >= 4 is 36.3 Å². The summed E-state index contributed by atoms with van der Waals surface area (Å²) < 4.78 is 11.9. The summed E-state index contributed by atoms with van der Waals surface area (Å²) in [6.45, 7) is 26.9. The molecule has 0 aromatic carbocycles. The van der Waals surface area contributed by atoms with Gasteiger partial charge in [-0.25, -0.2) is 0 Å². The number of esters is 1. The van der Waals surface area contributed by atoms with E-state index in [4.69, 9.17) is 9.16 Å². The molecule has 0 rings (SSSR count). The first-order chi connectivity index (χ1) is 20.6. The smallest absolute Gasteiger partial charge is 0.305 e. The average molecular weight is 668 g/mol. The molecule has 0 bridgehead atoms. The number of ether oxygens (including phenoxy) is 1. The predicted octanol–water partition coefficient (Wildman–Crippen LogP) is 10.8. The molecule has 0 saturated carbocycles. The number of amides is 1. The van der Waals surface area contributed by atoms with Crippen LogP contribution in [0.4, 0.5) is 0 Å². The van der Waals surface area contributed by atoms with Crippen LogP contribution in [-0.4, -0.2) is 56.1 Å². The van der Waals surface area contributed by atoms with Gasteiger partial charge in [-0.3, -0.25) is 9.59 Å². The van der Waals surface area contributed by atoms with Gasteiger partial charge in [-0.2, -0.15) is 0 Å². The number of rotatable bonds is 25. The van der Waals surface area contributed by atoms with Crippen LogP contribution in [0.25, 0.3) is 0 Å². The molecular formula is C36H73NO4Si3. The van der Waals surface area contributed by atoms with E-state index in [0.717, 1.165) is 31.7 Å². The molecule has 0 unspecified atom stereocenters. The van der Waals surface area contributed by atoms with Crippen molar-refractivity contribution < 1.29 is 18.8 Å². The summed E-state index contributed by atoms with van der Waals surface area (Å²) in [7, 11) is -3.63. The first-order valence-electron chi connectivity index (χ1n) is 18.0. The van der Waals surface area contributed by atoms with E-state index in [2.05, 4.69) is 104 Å². The lowest BCUT2D eigenvalue weighted by Crippen LogP contribution is -2.46. The first-order valence-corrected chi connectivity index (χ1v) is 27.7. The Labute approximate surface area is 276 Å². The lowest BCUT2D eigenvalue weighted by Gasteiger charge is -2.42. The molecule has 0 aromatic rings. The van der Waals surface area contributed by atoms with Gasteiger partial charge in [0.15, 0.2) is 8.32 Å². The van der Waals surface area contributed by atoms with Crippen LogP contribution in [0.15, 0.2) is 24.3 Å². The summed E-state index contributed by atoms with van der Waals surface area (Å²) in [4.78, 5) is 24.9. The van der Waals surface area contributed by atoms with E-state index in [0.29, 0.717) is 30.5 Å². The summed E-state index contributed by atoms with van der Waals surface area (Å²) in [5.41, 5.74) is 1.08. The van der Waals surface area contributed by atoms with Crippen molar-refractivity contribution in [2.24, 2.45) is 5.92 Å². The van der Waals surface area contributed by atoms with Gasteiger partial charge in [0.05, 0.1) is 35.8 Å². The zero-order chi connectivity index (χ0) is 33.8. The second-order valence-corrected chi connectivity index (χ2v) is 30.1. The van der Waals surface area contributed by atoms with Crippen LogP contribution in [0.1, 0.15) is 98.8 Å². The number of hydrogen-bond acceptors (Lipinski definition) is 4. The van der Waals surface area contributed by atoms with Crippen molar-refractivity contribution in [2.45, 2.75) is 173 Å². The minimum absolute atomic E-state index is 0.112. The summed E-state index contributed by atoms with van der Waals surface area (Å²) in [6, 6.07) is 3.52. The van der Waals surface area contributed by atoms with Crippen molar-refractivity contribution in [3.63, 3.8) is 0 Å². The Kier molecular flexibility index (Phi) is 22.0. The van der Waals surface area contributed by atoms with Crippen LogP contribution in [0.5, 0.6) is 0 Å². The van der Waals surface area contributed by atoms with Gasteiger partial charge < -0.3 is 14.5 Å². The van der Waals surface area contributed by atoms with Crippen LogP contribution < -0.4 is 5.32 Å². The maximum absolute atomic E-state index is 13.3. The molecule has 0 aliphatic heterocycles. The number of carbonyl (C=O) groups is 2. The molecule has 8 heteroatoms. The maximum Gasteiger partial charge on any atom is 0.305 e. The number of allylic oxidation sites excluding steroid dienone is 4. The minimum atomic E-state index is -1.95. The van der Waals surface area contributed by atoms with Crippen LogP contribution in [0.2, 0.25) is 68.5 Å². The summed E-state index contributed by atoms with van der Waals surface area (Å²) in [5, 5.41) is 3.15. The molecule has 258 valence electrons. The average Bonchev–Trinajstić information content (AvgIpc) is 2.98. The summed E-state index contributed by atoms with van der Waals surface area (Å²) >= 11 is 0. The Morgan fingerprint density at radius 2 is 1.45 bits per heavy atom. The van der Waals surface area contributed by atoms with Crippen molar-refractivity contribution in [3.05, 3.63) is 24.3 Å². The zero-order valence-electron chi connectivity index (χ0n) is 31.2. The number of nitrogens with one attached hydrogen (secondary N) is 1. The van der Waals surface area contributed by atoms with Gasteiger partial charge in [0.1, 0.15) is 0 Å². The second kappa shape index (κ2) is 22.5. The molecular weight excluding hydrogens is 595 g/mol. The highest BCUT2D eigenvalue weighted by Crippen LogP contribution is 2.43. The molecule has 0 aromatic heterocycles. The number of hydrogen-bond donors (Lipinski definition) is 1. The molecule has 5 nitrogen and oxygen atoms in total. The third-order valence-corrected chi connectivity index (χ3v) is 21.4. The van der Waals surface area contributed by atoms with Gasteiger partial charge in [0, 0.05) is 13.0 Å². The van der Waals surface area contributed by atoms with Crippen LogP contribution in [0.3, 0.4) is 0 Å². The molecule has 44 heavy (non-hydrogen) atoms. The standard InChI is InChI=1S/C36H73NO4Si3/c1-13-18-21-24-31(42(7,8)15-3)27-28-34(43(9,10)16-4)32(25-22-19-20-23-26-36(39)40-6)33(41-44(11,12)17-5)30-35(38)37-29-14-2/h19,22,27-28,31-34H,13-18,20-21,23-26,29-30H2,1-12H3,(H,37,38)/b22-19-,28-27+/t31-,32+,33+,34+/m0/s1. The van der Waals surface area contributed by atoms with Crippen molar-refractivity contribution in [1.29, 1.82) is 0 Å². The van der Waals surface area contributed by atoms with Crippen LogP contribution in [0, 0.1) is 5.92 Å². The van der Waals surface area contributed by atoms with E-state index in [1.807, 2.05) is 0 Å². The van der Waals surface area contributed by atoms with E-state index < -0.39 is 24.5 Å². The Balaban J connectivity index is 6.78. The summed E-state index contributed by atoms with van der Waals surface area (Å²) in [6.07, 6.45) is 19.2. The number of unbranched alkanes of at least 4 members (excludes halogenated alkanes) is 3. The van der Waals surface area contributed by atoms with E-state index in [-0.39, 0.29) is 23.9 Å². The fraction of sp³-hybridized carbons (Fsp3) is 0.833. The Morgan fingerprint density at radius 3 is 2.00 bits per heavy atom. The van der Waals surface area contributed by atoms with E-state index in [1.165, 1.54) is 44.9 Å². The van der Waals surface area contributed by atoms with E-state index in [9.17, 15) is 9.59 Å². The number of carbonyl (C=O) groups excluding carboxylic acids is 2. The van der Waals surface area contributed by atoms with E-state index >= 15 is 0 Å². The second-order valence-electron chi connectivity index (χ2n) is 14.9. The normalized spacial score (nSPS) is 15.8. The van der Waals surface area contributed by atoms with Gasteiger partial charge in [-0.15, -0.1) is 0 Å². The van der Waals surface area contributed by atoms with Crippen molar-refractivity contribution in [1.82, 2.24) is 5.32 Å². The molecule has 0 saturated heterocycles. The predicted molar refractivity (Wildman–Crippen MR) is 201 cm³/mol. The SMILES string of the molecule is CCCCC[C@@H](/C=C/[C@H]([C@H](C/C=C\CCCC(=O)OC)[C@@H](CC(=O)NCCC)O[Si](C)(C)CC)[Si](C)(C)CC)[Si](C)(C)CC. The van der Waals surface area contributed by atoms with Gasteiger partial charge in [0.2, 0.25) is 5.91 Å². The molecule has 0 aliphatic rings. The molecule has 0 heterocycles. The molecule has 0 spiro atoms. The van der Waals surface area contributed by atoms with Gasteiger partial charge >= 0.3 is 5.97 Å². The Morgan fingerprint density at radius 1 is 0.795 bits per heavy atom. The molecule has 0 radical (unpaired) electrons. The number of methoxy groups -OCH3 is 1. The van der Waals surface area contributed by atoms with E-state index in [1.54, 1.807) is 0 Å². The molecule has 0 aliphatic carbocycles. The highest BCUT2D eigenvalue weighted by atomic mass is 28.4. The first kappa shape index (κ1) is 43.0. The minimum Gasteiger partial charge on any atom is -0.469 e. The third-order valence-electron chi connectivity index (χ3n) is 10.2. The van der Waals surface area contributed by atoms with Gasteiger partial charge in [-0.1, -0.05) is 116 Å². The third kappa shape index (κ3) is 17.1.